The minimum atomic E-state index is -0.581. The number of ether oxygens (including phenoxy) is 1. The van der Waals surface area contributed by atoms with E-state index in [1.807, 2.05) is 54.6 Å². The maximum atomic E-state index is 12.7. The van der Waals surface area contributed by atoms with Gasteiger partial charge in [0.25, 0.3) is 0 Å². The van der Waals surface area contributed by atoms with Gasteiger partial charge >= 0.3 is 6.09 Å². The number of rotatable bonds is 6. The molecule has 2 amide bonds. The van der Waals surface area contributed by atoms with Crippen LogP contribution in [0.25, 0.3) is 0 Å². The summed E-state index contributed by atoms with van der Waals surface area (Å²) in [6, 6.07) is 17.2. The first-order valence-electron chi connectivity index (χ1n) is 11.7. The molecular formula is C26H26ClN5O3. The Labute approximate surface area is 208 Å². The Balaban J connectivity index is 1.21. The number of hydrogen-bond donors (Lipinski definition) is 3. The maximum Gasteiger partial charge on any atom is 0.407 e. The fourth-order valence-corrected chi connectivity index (χ4v) is 4.90. The summed E-state index contributed by atoms with van der Waals surface area (Å²) in [6.07, 6.45) is 4.57. The van der Waals surface area contributed by atoms with Gasteiger partial charge in [-0.05, 0) is 42.9 Å². The number of carbonyl (C=O) groups excluding carboxylic acids is 2. The number of aromatic nitrogens is 2. The van der Waals surface area contributed by atoms with Crippen molar-refractivity contribution in [2.45, 2.75) is 50.3 Å². The molecule has 1 aliphatic carbocycles. The van der Waals surface area contributed by atoms with E-state index in [-0.39, 0.29) is 24.6 Å². The minimum absolute atomic E-state index is 0.0104. The van der Waals surface area contributed by atoms with Gasteiger partial charge in [0.2, 0.25) is 11.9 Å². The van der Waals surface area contributed by atoms with Crippen LogP contribution in [-0.4, -0.2) is 34.1 Å². The van der Waals surface area contributed by atoms with E-state index in [1.165, 1.54) is 6.20 Å². The van der Waals surface area contributed by atoms with Gasteiger partial charge in [0.05, 0.1) is 16.9 Å². The second-order valence-electron chi connectivity index (χ2n) is 8.85. The molecule has 1 fully saturated rings. The van der Waals surface area contributed by atoms with Crippen molar-refractivity contribution in [3.63, 3.8) is 0 Å². The summed E-state index contributed by atoms with van der Waals surface area (Å²) in [7, 11) is 0. The predicted octanol–water partition coefficient (Wildman–Crippen LogP) is 4.86. The Kier molecular flexibility index (Phi) is 6.81. The lowest BCUT2D eigenvalue weighted by molar-refractivity contribution is -0.116. The molecule has 2 heterocycles. The molecule has 5 rings (SSSR count). The number of hydrogen-bond acceptors (Lipinski definition) is 6. The zero-order valence-electron chi connectivity index (χ0n) is 19.0. The highest BCUT2D eigenvalue weighted by atomic mass is 35.5. The van der Waals surface area contributed by atoms with Crippen molar-refractivity contribution in [1.29, 1.82) is 0 Å². The predicted molar refractivity (Wildman–Crippen MR) is 133 cm³/mol. The molecule has 35 heavy (non-hydrogen) atoms. The summed E-state index contributed by atoms with van der Waals surface area (Å²) in [5.41, 5.74) is 3.04. The first-order valence-corrected chi connectivity index (χ1v) is 12.1. The van der Waals surface area contributed by atoms with Crippen LogP contribution in [0, 0.1) is 0 Å². The summed E-state index contributed by atoms with van der Waals surface area (Å²) in [6.45, 7) is 0.236. The molecule has 8 nitrogen and oxygen atoms in total. The quantitative estimate of drug-likeness (QED) is 0.454. The third-order valence-corrected chi connectivity index (χ3v) is 6.67. The van der Waals surface area contributed by atoms with Gasteiger partial charge in [0, 0.05) is 17.8 Å². The molecule has 0 bridgehead atoms. The Hall–Kier alpha value is -3.65. The number of halogens is 1. The highest BCUT2D eigenvalue weighted by Crippen LogP contribution is 2.38. The molecule has 0 saturated heterocycles. The summed E-state index contributed by atoms with van der Waals surface area (Å²) in [5.74, 6) is -0.324. The second kappa shape index (κ2) is 10.3. The Morgan fingerprint density at radius 2 is 1.86 bits per heavy atom. The van der Waals surface area contributed by atoms with Crippen LogP contribution in [0.1, 0.15) is 48.4 Å². The van der Waals surface area contributed by atoms with Crippen molar-refractivity contribution in [3.05, 3.63) is 82.6 Å². The first kappa shape index (κ1) is 23.1. The van der Waals surface area contributed by atoms with Crippen molar-refractivity contribution in [1.82, 2.24) is 15.3 Å². The number of alkyl carbamates (subject to hydrolysis) is 1. The molecule has 0 spiro atoms. The maximum absolute atomic E-state index is 12.7. The van der Waals surface area contributed by atoms with Crippen LogP contribution in [0.15, 0.2) is 60.8 Å². The van der Waals surface area contributed by atoms with Crippen molar-refractivity contribution < 1.29 is 14.3 Å². The topological polar surface area (TPSA) is 105 Å². The molecule has 2 aliphatic rings. The molecule has 2 aromatic carbocycles. The van der Waals surface area contributed by atoms with E-state index in [0.29, 0.717) is 23.1 Å². The number of anilines is 2. The first-order chi connectivity index (χ1) is 17.1. The van der Waals surface area contributed by atoms with Crippen molar-refractivity contribution in [2.75, 3.05) is 10.6 Å². The van der Waals surface area contributed by atoms with Gasteiger partial charge in [-0.15, -0.1) is 0 Å². The molecule has 3 N–H and O–H groups in total. The smallest absolute Gasteiger partial charge is 0.407 e. The number of carbonyl (C=O) groups is 2. The normalized spacial score (nSPS) is 21.1. The number of benzene rings is 2. The van der Waals surface area contributed by atoms with Crippen LogP contribution in [0.5, 0.6) is 0 Å². The monoisotopic (exact) mass is 491 g/mol. The molecule has 1 aliphatic heterocycles. The highest BCUT2D eigenvalue weighted by molar-refractivity contribution is 6.31. The van der Waals surface area contributed by atoms with Crippen molar-refractivity contribution >= 4 is 35.2 Å². The molecule has 9 heteroatoms. The molecule has 1 aromatic heterocycles. The van der Waals surface area contributed by atoms with Gasteiger partial charge < -0.3 is 20.7 Å². The van der Waals surface area contributed by atoms with Gasteiger partial charge in [-0.2, -0.15) is 0 Å². The van der Waals surface area contributed by atoms with Crippen molar-refractivity contribution in [3.8, 4) is 0 Å². The zero-order chi connectivity index (χ0) is 24.2. The average Bonchev–Trinajstić information content (AvgIpc) is 3.20. The SMILES string of the molecule is O=C(N[C@H]1CCC[C@@H](Nc2ncc(Cl)c(C3C(=O)Nc4ccccc43)n2)C1)OCc1ccccc1. The van der Waals surface area contributed by atoms with Crippen molar-refractivity contribution in [2.24, 2.45) is 0 Å². The van der Waals surface area contributed by atoms with Gasteiger partial charge in [0.1, 0.15) is 12.5 Å². The molecule has 3 atom stereocenters. The van der Waals surface area contributed by atoms with Gasteiger partial charge in [-0.3, -0.25) is 4.79 Å². The number of para-hydroxylation sites is 1. The molecule has 3 aromatic rings. The molecular weight excluding hydrogens is 466 g/mol. The lowest BCUT2D eigenvalue weighted by Gasteiger charge is -2.30. The van der Waals surface area contributed by atoms with E-state index >= 15 is 0 Å². The summed E-state index contributed by atoms with van der Waals surface area (Å²) >= 11 is 6.41. The fourth-order valence-electron chi connectivity index (χ4n) is 4.70. The summed E-state index contributed by atoms with van der Waals surface area (Å²) < 4.78 is 5.36. The Morgan fingerprint density at radius 1 is 1.09 bits per heavy atom. The van der Waals surface area contributed by atoms with Gasteiger partial charge in [-0.1, -0.05) is 60.1 Å². The minimum Gasteiger partial charge on any atom is -0.445 e. The highest BCUT2D eigenvalue weighted by Gasteiger charge is 2.35. The van der Waals surface area contributed by atoms with E-state index in [9.17, 15) is 9.59 Å². The van der Waals surface area contributed by atoms with E-state index in [2.05, 4.69) is 25.9 Å². The van der Waals surface area contributed by atoms with Crippen LogP contribution < -0.4 is 16.0 Å². The molecule has 0 radical (unpaired) electrons. The average molecular weight is 492 g/mol. The lowest BCUT2D eigenvalue weighted by atomic mass is 9.91. The van der Waals surface area contributed by atoms with Crippen LogP contribution in [0.4, 0.5) is 16.4 Å². The largest absolute Gasteiger partial charge is 0.445 e. The van der Waals surface area contributed by atoms with Gasteiger partial charge in [-0.25, -0.2) is 14.8 Å². The molecule has 1 unspecified atom stereocenters. The van der Waals surface area contributed by atoms with E-state index in [0.717, 1.165) is 36.1 Å². The lowest BCUT2D eigenvalue weighted by Crippen LogP contribution is -2.42. The number of nitrogens with zero attached hydrogens (tertiary/aromatic N) is 2. The summed E-state index contributed by atoms with van der Waals surface area (Å²) in [4.78, 5) is 33.9. The fraction of sp³-hybridized carbons (Fsp3) is 0.308. The molecule has 1 saturated carbocycles. The van der Waals surface area contributed by atoms with E-state index in [1.54, 1.807) is 0 Å². The molecule has 180 valence electrons. The third kappa shape index (κ3) is 5.38. The van der Waals surface area contributed by atoms with E-state index in [4.69, 9.17) is 16.3 Å². The Bertz CT molecular complexity index is 1220. The van der Waals surface area contributed by atoms with E-state index < -0.39 is 12.0 Å². The standard InChI is InChI=1S/C26H26ClN5O3/c27-20-14-28-25(32-23(20)22-19-11-4-5-12-21(19)31-24(22)33)29-17-9-6-10-18(13-17)30-26(34)35-15-16-7-2-1-3-8-16/h1-5,7-8,11-12,14,17-18,22H,6,9-10,13,15H2,(H,30,34)(H,31,33)(H,28,29,32)/t17-,18+,22?/m1/s1. The van der Waals surface area contributed by atoms with Crippen LogP contribution in [0.3, 0.4) is 0 Å². The third-order valence-electron chi connectivity index (χ3n) is 6.38. The Morgan fingerprint density at radius 3 is 2.71 bits per heavy atom. The van der Waals surface area contributed by atoms with Crippen LogP contribution in [0.2, 0.25) is 5.02 Å². The van der Waals surface area contributed by atoms with Crippen LogP contribution in [-0.2, 0) is 16.1 Å². The summed E-state index contributed by atoms with van der Waals surface area (Å²) in [5, 5.41) is 9.57. The second-order valence-corrected chi connectivity index (χ2v) is 9.25. The number of fused-ring (bicyclic) bond motifs is 1. The van der Waals surface area contributed by atoms with Gasteiger partial charge in [0.15, 0.2) is 0 Å². The van der Waals surface area contributed by atoms with Crippen LogP contribution >= 0.6 is 11.6 Å². The zero-order valence-corrected chi connectivity index (χ0v) is 19.8. The number of amides is 2. The number of nitrogens with one attached hydrogen (secondary N) is 3.